The lowest BCUT2D eigenvalue weighted by Crippen LogP contribution is -2.31. The van der Waals surface area contributed by atoms with Crippen LogP contribution in [0.2, 0.25) is 0 Å². The first-order chi connectivity index (χ1) is 11.8. The molecule has 0 saturated heterocycles. The van der Waals surface area contributed by atoms with Crippen LogP contribution in [0.3, 0.4) is 0 Å². The molecule has 0 heterocycles. The number of halogens is 13. The van der Waals surface area contributed by atoms with E-state index in [4.69, 9.17) is 5.11 Å². The van der Waals surface area contributed by atoms with Crippen LogP contribution < -0.4 is 0 Å². The number of carbonyl (C=O) groups is 1. The van der Waals surface area contributed by atoms with E-state index < -0.39 is 70.0 Å². The van der Waals surface area contributed by atoms with Crippen LogP contribution in [-0.4, -0.2) is 23.4 Å². The third-order valence-corrected chi connectivity index (χ3v) is 2.83. The molecule has 0 aromatic heterocycles. The van der Waals surface area contributed by atoms with Crippen molar-refractivity contribution in [3.63, 3.8) is 0 Å². The fraction of sp³-hybridized carbons (Fsp3) is 0.250. The zero-order valence-corrected chi connectivity index (χ0v) is 11.8. The van der Waals surface area contributed by atoms with Crippen molar-refractivity contribution in [2.45, 2.75) is 18.5 Å². The lowest BCUT2D eigenvalue weighted by atomic mass is 9.92. The molecule has 0 amide bonds. The minimum atomic E-state index is -6.75. The molecule has 0 aliphatic carbocycles. The maximum Gasteiger partial charge on any atom is 0.422 e. The van der Waals surface area contributed by atoms with Gasteiger partial charge in [-0.25, -0.2) is 22.4 Å². The Bertz CT molecular complexity index is 795. The maximum absolute atomic E-state index is 13.7. The maximum atomic E-state index is 13.7. The number of carboxylic acid groups (broad SMARTS) is 1. The van der Waals surface area contributed by atoms with E-state index in [9.17, 15) is 61.9 Å². The molecule has 1 aromatic carbocycles. The Hall–Kier alpha value is -2.48. The molecule has 2 nitrogen and oxygen atoms in total. The highest BCUT2D eigenvalue weighted by molar-refractivity contribution is 6.17. The number of benzene rings is 1. The highest BCUT2D eigenvalue weighted by Crippen LogP contribution is 2.47. The van der Waals surface area contributed by atoms with Gasteiger partial charge in [0.05, 0.1) is 5.57 Å². The predicted octanol–water partition coefficient (Wildman–Crippen LogP) is 5.22. The molecule has 152 valence electrons. The third kappa shape index (κ3) is 4.10. The van der Waals surface area contributed by atoms with Crippen LogP contribution in [0.15, 0.2) is 5.57 Å². The fourth-order valence-corrected chi connectivity index (χ4v) is 1.92. The van der Waals surface area contributed by atoms with Crippen molar-refractivity contribution in [1.82, 2.24) is 0 Å². The van der Waals surface area contributed by atoms with Gasteiger partial charge < -0.3 is 5.11 Å². The minimum absolute atomic E-state index is 3.23. The van der Waals surface area contributed by atoms with Gasteiger partial charge in [-0.1, -0.05) is 0 Å². The first kappa shape index (κ1) is 22.6. The molecule has 0 unspecified atom stereocenters. The Labute approximate surface area is 138 Å². The highest BCUT2D eigenvalue weighted by atomic mass is 19.4. The SMILES string of the molecule is O=C(O)C(=C(C(F)(F)F)C(F)(F)F)c1c(F)c(F)c(F)c(F)c1C(F)(F)F. The van der Waals surface area contributed by atoms with Crippen molar-refractivity contribution < 1.29 is 67.0 Å². The van der Waals surface area contributed by atoms with Gasteiger partial charge in [0, 0.05) is 5.56 Å². The zero-order chi connectivity index (χ0) is 21.7. The second-order valence-electron chi connectivity index (χ2n) is 4.55. The molecule has 0 radical (unpaired) electrons. The van der Waals surface area contributed by atoms with E-state index in [0.717, 1.165) is 0 Å². The molecule has 15 heteroatoms. The summed E-state index contributed by atoms with van der Waals surface area (Å²) in [4.78, 5) is 10.8. The van der Waals surface area contributed by atoms with E-state index in [2.05, 4.69) is 0 Å². The summed E-state index contributed by atoms with van der Waals surface area (Å²) in [6.07, 6.45) is -19.9. The van der Waals surface area contributed by atoms with Crippen LogP contribution in [-0.2, 0) is 11.0 Å². The van der Waals surface area contributed by atoms with E-state index in [1.807, 2.05) is 0 Å². The molecule has 0 aliphatic heterocycles. The van der Waals surface area contributed by atoms with Crippen molar-refractivity contribution in [2.75, 3.05) is 0 Å². The number of rotatable bonds is 2. The summed E-state index contributed by atoms with van der Waals surface area (Å²) in [7, 11) is 0. The van der Waals surface area contributed by atoms with Crippen molar-refractivity contribution in [3.05, 3.63) is 40.0 Å². The zero-order valence-electron chi connectivity index (χ0n) is 11.8. The van der Waals surface area contributed by atoms with Gasteiger partial charge in [0.1, 0.15) is 5.56 Å². The molecule has 0 bridgehead atoms. The van der Waals surface area contributed by atoms with Gasteiger partial charge in [0.2, 0.25) is 0 Å². The monoisotopic (exact) mass is 424 g/mol. The van der Waals surface area contributed by atoms with Gasteiger partial charge >= 0.3 is 24.5 Å². The molecule has 1 rings (SSSR count). The normalized spacial score (nSPS) is 12.9. The summed E-state index contributed by atoms with van der Waals surface area (Å²) in [6.45, 7) is 0. The average Bonchev–Trinajstić information content (AvgIpc) is 2.42. The topological polar surface area (TPSA) is 37.3 Å². The number of hydrogen-bond donors (Lipinski definition) is 1. The van der Waals surface area contributed by atoms with Gasteiger partial charge in [-0.3, -0.25) is 0 Å². The largest absolute Gasteiger partial charge is 0.478 e. The molecule has 27 heavy (non-hydrogen) atoms. The highest BCUT2D eigenvalue weighted by Gasteiger charge is 2.56. The van der Waals surface area contributed by atoms with E-state index in [-0.39, 0.29) is 0 Å². The Balaban J connectivity index is 4.40. The van der Waals surface area contributed by atoms with Gasteiger partial charge in [-0.2, -0.15) is 39.5 Å². The van der Waals surface area contributed by atoms with Crippen molar-refractivity contribution in [3.8, 4) is 0 Å². The smallest absolute Gasteiger partial charge is 0.422 e. The second-order valence-corrected chi connectivity index (χ2v) is 4.55. The Morgan fingerprint density at radius 1 is 0.667 bits per heavy atom. The van der Waals surface area contributed by atoms with E-state index in [0.29, 0.717) is 0 Å². The summed E-state index contributed by atoms with van der Waals surface area (Å²) in [5.41, 5.74) is -14.5. The molecule has 0 fully saturated rings. The summed E-state index contributed by atoms with van der Waals surface area (Å²) in [6, 6.07) is 0. The van der Waals surface area contributed by atoms with E-state index in [1.165, 1.54) is 0 Å². The number of aliphatic carboxylic acids is 1. The summed E-state index contributed by atoms with van der Waals surface area (Å²) in [5, 5.41) is 8.56. The van der Waals surface area contributed by atoms with Crippen LogP contribution in [0.25, 0.3) is 5.57 Å². The third-order valence-electron chi connectivity index (χ3n) is 2.83. The molecule has 0 saturated carbocycles. The summed E-state index contributed by atoms with van der Waals surface area (Å²) in [5.74, 6) is -16.8. The van der Waals surface area contributed by atoms with Crippen LogP contribution in [0.5, 0.6) is 0 Å². The Morgan fingerprint density at radius 3 is 1.33 bits per heavy atom. The Morgan fingerprint density at radius 2 is 1.04 bits per heavy atom. The van der Waals surface area contributed by atoms with E-state index in [1.54, 1.807) is 0 Å². The van der Waals surface area contributed by atoms with E-state index >= 15 is 0 Å². The molecular weight excluding hydrogens is 423 g/mol. The van der Waals surface area contributed by atoms with Crippen molar-refractivity contribution in [1.29, 1.82) is 0 Å². The standard InChI is InChI=1S/C12HF13O2/c13-4-1(3(10(17,18)19)5(14)7(16)6(4)15)2(9(26)27)8(11(20,21)22)12(23,24)25/h(H,26,27). The van der Waals surface area contributed by atoms with Gasteiger partial charge in [-0.05, 0) is 0 Å². The quantitative estimate of drug-likeness (QED) is 0.306. The van der Waals surface area contributed by atoms with Gasteiger partial charge in [0.15, 0.2) is 28.8 Å². The lowest BCUT2D eigenvalue weighted by Gasteiger charge is -2.21. The molecule has 0 atom stereocenters. The molecule has 1 aromatic rings. The molecule has 0 aliphatic rings. The second kappa shape index (κ2) is 6.60. The Kier molecular flexibility index (Phi) is 5.51. The van der Waals surface area contributed by atoms with Crippen molar-refractivity contribution >= 4 is 11.5 Å². The molecule has 0 spiro atoms. The fourth-order valence-electron chi connectivity index (χ4n) is 1.92. The number of hydrogen-bond acceptors (Lipinski definition) is 1. The summed E-state index contributed by atoms with van der Waals surface area (Å²) >= 11 is 0. The number of carboxylic acids is 1. The lowest BCUT2D eigenvalue weighted by molar-refractivity contribution is -0.172. The average molecular weight is 424 g/mol. The van der Waals surface area contributed by atoms with Crippen LogP contribution in [0.1, 0.15) is 11.1 Å². The van der Waals surface area contributed by atoms with Crippen LogP contribution in [0, 0.1) is 23.3 Å². The first-order valence-electron chi connectivity index (χ1n) is 5.88. The predicted molar refractivity (Wildman–Crippen MR) is 57.9 cm³/mol. The molecule has 1 N–H and O–H groups in total. The summed E-state index contributed by atoms with van der Waals surface area (Å²) < 4.78 is 168. The van der Waals surface area contributed by atoms with Crippen molar-refractivity contribution in [2.24, 2.45) is 0 Å². The molecular formula is C12HF13O2. The van der Waals surface area contributed by atoms with Crippen LogP contribution in [0.4, 0.5) is 57.1 Å². The van der Waals surface area contributed by atoms with Crippen LogP contribution >= 0.6 is 0 Å². The number of alkyl halides is 9. The number of allylic oxidation sites excluding steroid dienone is 1. The van der Waals surface area contributed by atoms with Gasteiger partial charge in [0.25, 0.3) is 0 Å². The first-order valence-corrected chi connectivity index (χ1v) is 5.88. The van der Waals surface area contributed by atoms with Gasteiger partial charge in [-0.15, -0.1) is 0 Å². The minimum Gasteiger partial charge on any atom is -0.478 e.